The average molecular weight is 557 g/mol. The van der Waals surface area contributed by atoms with Crippen molar-refractivity contribution in [2.75, 3.05) is 0 Å². The lowest BCUT2D eigenvalue weighted by Crippen LogP contribution is -2.20. The Balaban J connectivity index is 1.18. The third kappa shape index (κ3) is 4.36. The molecular weight excluding hydrogens is 520 g/mol. The number of allylic oxidation sites excluding steroid dienone is 4. The number of rotatable bonds is 4. The summed E-state index contributed by atoms with van der Waals surface area (Å²) in [6.07, 6.45) is 10.8. The predicted molar refractivity (Wildman–Crippen MR) is 180 cm³/mol. The first kappa shape index (κ1) is 26.0. The summed E-state index contributed by atoms with van der Waals surface area (Å²) >= 11 is 0. The van der Waals surface area contributed by atoms with Crippen LogP contribution < -0.4 is 0 Å². The van der Waals surface area contributed by atoms with Crippen LogP contribution in [-0.4, -0.2) is 9.55 Å². The summed E-state index contributed by atoms with van der Waals surface area (Å²) < 4.78 is 2.38. The van der Waals surface area contributed by atoms with Crippen LogP contribution >= 0.6 is 0 Å². The summed E-state index contributed by atoms with van der Waals surface area (Å²) in [7, 11) is 0. The number of benzene rings is 5. The highest BCUT2D eigenvalue weighted by atomic mass is 15.1. The molecule has 0 fully saturated rings. The molecule has 2 nitrogen and oxygen atoms in total. The first-order valence-corrected chi connectivity index (χ1v) is 15.7. The number of hydrogen-bond acceptors (Lipinski definition) is 1. The Kier molecular flexibility index (Phi) is 6.37. The number of fused-ring (bicyclic) bond motifs is 3. The minimum absolute atomic E-state index is 0.319. The van der Waals surface area contributed by atoms with E-state index < -0.39 is 0 Å². The summed E-state index contributed by atoms with van der Waals surface area (Å²) in [5.74, 6) is 2.33. The fraction of sp³-hybridized carbons (Fsp3) is 0.195. The molecule has 43 heavy (non-hydrogen) atoms. The van der Waals surface area contributed by atoms with Crippen molar-refractivity contribution in [2.45, 2.75) is 39.0 Å². The third-order valence-corrected chi connectivity index (χ3v) is 9.77. The van der Waals surface area contributed by atoms with E-state index in [9.17, 15) is 0 Å². The summed E-state index contributed by atoms with van der Waals surface area (Å²) in [5, 5.41) is 5.40. The Morgan fingerprint density at radius 2 is 1.33 bits per heavy atom. The van der Waals surface area contributed by atoms with Gasteiger partial charge in [0.25, 0.3) is 0 Å². The van der Waals surface area contributed by atoms with Gasteiger partial charge in [-0.25, -0.2) is 4.98 Å². The molecule has 5 aromatic carbocycles. The van der Waals surface area contributed by atoms with Crippen molar-refractivity contribution < 1.29 is 0 Å². The Bertz CT molecular complexity index is 1970. The number of aryl methyl sites for hydroxylation is 2. The van der Waals surface area contributed by atoms with Gasteiger partial charge in [-0.2, -0.15) is 0 Å². The van der Waals surface area contributed by atoms with Crippen LogP contribution in [0.4, 0.5) is 0 Å². The van der Waals surface area contributed by atoms with Crippen molar-refractivity contribution in [3.8, 4) is 16.8 Å². The fourth-order valence-corrected chi connectivity index (χ4v) is 7.82. The molecule has 0 amide bonds. The van der Waals surface area contributed by atoms with Gasteiger partial charge in [-0.1, -0.05) is 122 Å². The molecule has 8 rings (SSSR count). The van der Waals surface area contributed by atoms with E-state index >= 15 is 0 Å². The molecule has 0 spiro atoms. The molecule has 2 aliphatic rings. The second-order valence-electron chi connectivity index (χ2n) is 12.3. The normalized spacial score (nSPS) is 19.9. The van der Waals surface area contributed by atoms with E-state index in [0.717, 1.165) is 25.1 Å². The molecule has 0 radical (unpaired) electrons. The SMILES string of the molecule is Cc1nc2c(n1-c1ccccc1)CC(C1=CC(C)C(c3c4ccccc4c(-c4ccccc4)c4ccccc34)C=C1)CC2. The minimum Gasteiger partial charge on any atom is -0.301 e. The van der Waals surface area contributed by atoms with Gasteiger partial charge in [0.2, 0.25) is 0 Å². The molecule has 0 bridgehead atoms. The van der Waals surface area contributed by atoms with Gasteiger partial charge in [-0.05, 0) is 94.0 Å². The maximum Gasteiger partial charge on any atom is 0.110 e. The zero-order valence-corrected chi connectivity index (χ0v) is 24.9. The molecule has 1 heterocycles. The van der Waals surface area contributed by atoms with Crippen molar-refractivity contribution in [3.05, 3.63) is 156 Å². The van der Waals surface area contributed by atoms with Gasteiger partial charge in [-0.3, -0.25) is 0 Å². The van der Waals surface area contributed by atoms with Gasteiger partial charge in [0, 0.05) is 17.3 Å². The first-order chi connectivity index (χ1) is 21.2. The lowest BCUT2D eigenvalue weighted by molar-refractivity contribution is 0.504. The summed E-state index contributed by atoms with van der Waals surface area (Å²) in [6.45, 7) is 4.56. The van der Waals surface area contributed by atoms with Crippen LogP contribution in [0.5, 0.6) is 0 Å². The monoisotopic (exact) mass is 556 g/mol. The minimum atomic E-state index is 0.319. The Labute approximate surface area is 254 Å². The largest absolute Gasteiger partial charge is 0.301 e. The van der Waals surface area contributed by atoms with Gasteiger partial charge in [0.05, 0.1) is 5.69 Å². The quantitative estimate of drug-likeness (QED) is 0.198. The summed E-state index contributed by atoms with van der Waals surface area (Å²) in [5.41, 5.74) is 9.43. The lowest BCUT2D eigenvalue weighted by Gasteiger charge is -2.31. The highest BCUT2D eigenvalue weighted by Gasteiger charge is 2.30. The molecular formula is C41H36N2. The molecule has 0 aliphatic heterocycles. The highest BCUT2D eigenvalue weighted by Crippen LogP contribution is 2.46. The van der Waals surface area contributed by atoms with Gasteiger partial charge >= 0.3 is 0 Å². The zero-order valence-electron chi connectivity index (χ0n) is 24.9. The fourth-order valence-electron chi connectivity index (χ4n) is 7.82. The third-order valence-electron chi connectivity index (χ3n) is 9.77. The van der Waals surface area contributed by atoms with Gasteiger partial charge < -0.3 is 4.57 Å². The lowest BCUT2D eigenvalue weighted by atomic mass is 9.74. The second-order valence-corrected chi connectivity index (χ2v) is 12.3. The summed E-state index contributed by atoms with van der Waals surface area (Å²) in [4.78, 5) is 4.99. The highest BCUT2D eigenvalue weighted by molar-refractivity contribution is 6.15. The van der Waals surface area contributed by atoms with E-state index in [1.807, 2.05) is 0 Å². The van der Waals surface area contributed by atoms with Crippen molar-refractivity contribution >= 4 is 21.5 Å². The molecule has 1 aromatic heterocycles. The standard InChI is InChI=1S/C41H36N2/c1-27-25-30(31-22-24-38-39(26-31)43(28(2)42-38)32-15-7-4-8-16-32)21-23-33(27)41-36-19-11-9-17-34(36)40(29-13-5-3-6-14-29)35-18-10-12-20-37(35)41/h3-21,23,25,27,31,33H,22,24,26H2,1-2H3. The van der Waals surface area contributed by atoms with Crippen molar-refractivity contribution in [3.63, 3.8) is 0 Å². The van der Waals surface area contributed by atoms with Gasteiger partial charge in [0.15, 0.2) is 0 Å². The molecule has 210 valence electrons. The molecule has 3 atom stereocenters. The van der Waals surface area contributed by atoms with E-state index in [-0.39, 0.29) is 0 Å². The van der Waals surface area contributed by atoms with Crippen molar-refractivity contribution in [2.24, 2.45) is 11.8 Å². The maximum atomic E-state index is 4.99. The van der Waals surface area contributed by atoms with Gasteiger partial charge in [0.1, 0.15) is 5.82 Å². The van der Waals surface area contributed by atoms with E-state index in [4.69, 9.17) is 4.98 Å². The molecule has 6 aromatic rings. The number of para-hydroxylation sites is 1. The van der Waals surface area contributed by atoms with Crippen LogP contribution in [0.15, 0.2) is 133 Å². The maximum absolute atomic E-state index is 4.99. The number of hydrogen-bond donors (Lipinski definition) is 0. The predicted octanol–water partition coefficient (Wildman–Crippen LogP) is 10.2. The van der Waals surface area contributed by atoms with E-state index in [0.29, 0.717) is 17.8 Å². The zero-order chi connectivity index (χ0) is 28.9. The Morgan fingerprint density at radius 3 is 1.98 bits per heavy atom. The topological polar surface area (TPSA) is 17.8 Å². The van der Waals surface area contributed by atoms with E-state index in [1.165, 1.54) is 60.9 Å². The molecule has 2 heteroatoms. The van der Waals surface area contributed by atoms with E-state index in [1.54, 1.807) is 0 Å². The van der Waals surface area contributed by atoms with E-state index in [2.05, 4.69) is 146 Å². The molecule has 0 saturated carbocycles. The molecule has 0 N–H and O–H groups in total. The number of nitrogens with zero attached hydrogens (tertiary/aromatic N) is 2. The first-order valence-electron chi connectivity index (χ1n) is 15.7. The molecule has 2 aliphatic carbocycles. The van der Waals surface area contributed by atoms with Crippen LogP contribution in [0.1, 0.15) is 42.0 Å². The smallest absolute Gasteiger partial charge is 0.110 e. The van der Waals surface area contributed by atoms with Crippen LogP contribution in [0, 0.1) is 18.8 Å². The Morgan fingerprint density at radius 1 is 0.721 bits per heavy atom. The van der Waals surface area contributed by atoms with Crippen LogP contribution in [0.2, 0.25) is 0 Å². The molecule has 3 unspecified atom stereocenters. The van der Waals surface area contributed by atoms with Crippen LogP contribution in [0.25, 0.3) is 38.4 Å². The second kappa shape index (κ2) is 10.5. The number of imidazole rings is 1. The Hall–Kier alpha value is -4.69. The number of aromatic nitrogens is 2. The average Bonchev–Trinajstić information content (AvgIpc) is 3.39. The summed E-state index contributed by atoms with van der Waals surface area (Å²) in [6, 6.07) is 39.7. The molecule has 0 saturated heterocycles. The van der Waals surface area contributed by atoms with Crippen molar-refractivity contribution in [1.29, 1.82) is 0 Å². The van der Waals surface area contributed by atoms with Crippen LogP contribution in [0.3, 0.4) is 0 Å². The van der Waals surface area contributed by atoms with Crippen molar-refractivity contribution in [1.82, 2.24) is 9.55 Å². The van der Waals surface area contributed by atoms with Gasteiger partial charge in [-0.15, -0.1) is 0 Å². The van der Waals surface area contributed by atoms with Crippen LogP contribution in [-0.2, 0) is 12.8 Å².